The van der Waals surface area contributed by atoms with Crippen LogP contribution in [0, 0.1) is 0 Å². The number of rotatable bonds is 7. The largest absolute Gasteiger partial charge is 0.462 e. The number of hydrogen-bond acceptors (Lipinski definition) is 6. The van der Waals surface area contributed by atoms with E-state index in [0.717, 1.165) is 0 Å². The van der Waals surface area contributed by atoms with E-state index in [2.05, 4.69) is 0 Å². The SMILES string of the molecule is CCOC(=O)C(=Cc1ccc(OC(=O)c2cc(Cl)c(Cl)cc2Cl)cc1)C(=O)OCC. The van der Waals surface area contributed by atoms with Crippen LogP contribution in [-0.2, 0) is 19.1 Å². The highest BCUT2D eigenvalue weighted by Crippen LogP contribution is 2.29. The molecule has 0 fully saturated rings. The van der Waals surface area contributed by atoms with Crippen LogP contribution in [0.3, 0.4) is 0 Å². The number of ether oxygens (including phenoxy) is 3. The summed E-state index contributed by atoms with van der Waals surface area (Å²) in [5, 5.41) is 0.481. The standard InChI is InChI=1S/C21H17Cl3O6/c1-3-28-19(25)15(20(26)29-4-2)9-12-5-7-13(8-6-12)30-21(27)14-10-17(23)18(24)11-16(14)22/h5-11H,3-4H2,1-2H3. The smallest absolute Gasteiger partial charge is 0.345 e. The normalized spacial score (nSPS) is 10.2. The number of carbonyl (C=O) groups is 3. The maximum Gasteiger partial charge on any atom is 0.345 e. The van der Waals surface area contributed by atoms with E-state index in [9.17, 15) is 14.4 Å². The summed E-state index contributed by atoms with van der Waals surface area (Å²) in [6.07, 6.45) is 1.33. The van der Waals surface area contributed by atoms with E-state index in [1.807, 2.05) is 0 Å². The molecule has 2 aromatic carbocycles. The number of halogens is 3. The molecule has 0 unspecified atom stereocenters. The van der Waals surface area contributed by atoms with Gasteiger partial charge < -0.3 is 14.2 Å². The molecule has 9 heteroatoms. The zero-order chi connectivity index (χ0) is 22.3. The van der Waals surface area contributed by atoms with Crippen molar-refractivity contribution in [2.24, 2.45) is 0 Å². The van der Waals surface area contributed by atoms with Crippen LogP contribution in [0.25, 0.3) is 6.08 Å². The molecule has 2 rings (SSSR count). The van der Waals surface area contributed by atoms with Crippen LogP contribution in [0.5, 0.6) is 5.75 Å². The Labute approximate surface area is 188 Å². The van der Waals surface area contributed by atoms with Crippen molar-refractivity contribution in [3.05, 3.63) is 68.2 Å². The molecule has 0 aromatic heterocycles. The fourth-order valence-electron chi connectivity index (χ4n) is 2.26. The minimum absolute atomic E-state index is 0.0574. The minimum Gasteiger partial charge on any atom is -0.462 e. The molecule has 2 aromatic rings. The van der Waals surface area contributed by atoms with Crippen molar-refractivity contribution in [3.63, 3.8) is 0 Å². The molecule has 0 radical (unpaired) electrons. The highest BCUT2D eigenvalue weighted by molar-refractivity contribution is 6.44. The molecule has 158 valence electrons. The summed E-state index contributed by atoms with van der Waals surface area (Å²) < 4.78 is 15.1. The van der Waals surface area contributed by atoms with Gasteiger partial charge in [-0.3, -0.25) is 0 Å². The maximum absolute atomic E-state index is 12.3. The number of carbonyl (C=O) groups excluding carboxylic acids is 3. The molecule has 0 amide bonds. The van der Waals surface area contributed by atoms with Crippen LogP contribution < -0.4 is 4.74 Å². The summed E-state index contributed by atoms with van der Waals surface area (Å²) >= 11 is 17.8. The second-order valence-corrected chi connectivity index (χ2v) is 6.93. The van der Waals surface area contributed by atoms with Gasteiger partial charge in [-0.25, -0.2) is 14.4 Å². The summed E-state index contributed by atoms with van der Waals surface area (Å²) in [4.78, 5) is 36.4. The van der Waals surface area contributed by atoms with E-state index >= 15 is 0 Å². The molecule has 0 aliphatic rings. The molecule has 0 bridgehead atoms. The topological polar surface area (TPSA) is 78.9 Å². The van der Waals surface area contributed by atoms with E-state index in [-0.39, 0.29) is 45.2 Å². The molecular weight excluding hydrogens is 455 g/mol. The van der Waals surface area contributed by atoms with Crippen LogP contribution in [-0.4, -0.2) is 31.1 Å². The van der Waals surface area contributed by atoms with Crippen molar-refractivity contribution in [1.29, 1.82) is 0 Å². The molecule has 0 N–H and O–H groups in total. The molecule has 0 saturated heterocycles. The molecule has 0 aliphatic heterocycles. The van der Waals surface area contributed by atoms with Crippen LogP contribution in [0.15, 0.2) is 42.0 Å². The number of benzene rings is 2. The Hall–Kier alpha value is -2.54. The first kappa shape index (κ1) is 23.7. The van der Waals surface area contributed by atoms with Gasteiger partial charge in [0.25, 0.3) is 0 Å². The molecule has 6 nitrogen and oxygen atoms in total. The predicted octanol–water partition coefficient (Wildman–Crippen LogP) is 5.38. The van der Waals surface area contributed by atoms with E-state index in [4.69, 9.17) is 49.0 Å². The second-order valence-electron chi connectivity index (χ2n) is 5.70. The van der Waals surface area contributed by atoms with Crippen molar-refractivity contribution >= 4 is 58.8 Å². The van der Waals surface area contributed by atoms with Gasteiger partial charge in [-0.05, 0) is 49.8 Å². The monoisotopic (exact) mass is 470 g/mol. The fourth-order valence-corrected chi connectivity index (χ4v) is 2.88. The van der Waals surface area contributed by atoms with Gasteiger partial charge in [0.15, 0.2) is 0 Å². The van der Waals surface area contributed by atoms with Gasteiger partial charge in [0.2, 0.25) is 0 Å². The Morgan fingerprint density at radius 3 is 1.90 bits per heavy atom. The van der Waals surface area contributed by atoms with Crippen molar-refractivity contribution in [3.8, 4) is 5.75 Å². The molecule has 0 aliphatic carbocycles. The van der Waals surface area contributed by atoms with Gasteiger partial charge in [0, 0.05) is 0 Å². The lowest BCUT2D eigenvalue weighted by Gasteiger charge is -2.08. The van der Waals surface area contributed by atoms with Crippen LogP contribution >= 0.6 is 34.8 Å². The van der Waals surface area contributed by atoms with Crippen molar-refractivity contribution in [2.45, 2.75) is 13.8 Å². The lowest BCUT2D eigenvalue weighted by Crippen LogP contribution is -2.18. The van der Waals surface area contributed by atoms with E-state index in [1.54, 1.807) is 26.0 Å². The average molecular weight is 472 g/mol. The first-order valence-corrected chi connectivity index (χ1v) is 9.92. The van der Waals surface area contributed by atoms with Gasteiger partial charge in [-0.1, -0.05) is 46.9 Å². The quantitative estimate of drug-likeness (QED) is 0.135. The Bertz CT molecular complexity index is 963. The van der Waals surface area contributed by atoms with Crippen molar-refractivity contribution in [2.75, 3.05) is 13.2 Å². The van der Waals surface area contributed by atoms with E-state index < -0.39 is 17.9 Å². The van der Waals surface area contributed by atoms with Gasteiger partial charge >= 0.3 is 17.9 Å². The van der Waals surface area contributed by atoms with Crippen molar-refractivity contribution < 1.29 is 28.6 Å². The molecule has 0 atom stereocenters. The number of hydrogen-bond donors (Lipinski definition) is 0. The van der Waals surface area contributed by atoms with Crippen LogP contribution in [0.4, 0.5) is 0 Å². The lowest BCUT2D eigenvalue weighted by molar-refractivity contribution is -0.146. The minimum atomic E-state index is -0.791. The van der Waals surface area contributed by atoms with E-state index in [1.165, 1.54) is 30.3 Å². The lowest BCUT2D eigenvalue weighted by atomic mass is 10.1. The molecule has 0 heterocycles. The summed E-state index contributed by atoms with van der Waals surface area (Å²) in [5.74, 6) is -2.09. The van der Waals surface area contributed by atoms with Crippen molar-refractivity contribution in [1.82, 2.24) is 0 Å². The first-order valence-electron chi connectivity index (χ1n) is 8.79. The molecule has 0 saturated carbocycles. The zero-order valence-corrected chi connectivity index (χ0v) is 18.3. The third kappa shape index (κ3) is 6.23. The van der Waals surface area contributed by atoms with Crippen LogP contribution in [0.2, 0.25) is 15.1 Å². The van der Waals surface area contributed by atoms with Gasteiger partial charge in [-0.2, -0.15) is 0 Å². The predicted molar refractivity (Wildman–Crippen MR) is 114 cm³/mol. The number of esters is 3. The second kappa shape index (κ2) is 11.0. The third-order valence-corrected chi connectivity index (χ3v) is 4.66. The summed E-state index contributed by atoms with van der Waals surface area (Å²) in [6, 6.07) is 8.75. The molecule has 0 spiro atoms. The highest BCUT2D eigenvalue weighted by atomic mass is 35.5. The van der Waals surface area contributed by atoms with Crippen LogP contribution in [0.1, 0.15) is 29.8 Å². The Balaban J connectivity index is 2.21. The Morgan fingerprint density at radius 2 is 1.37 bits per heavy atom. The molecular formula is C21H17Cl3O6. The zero-order valence-electron chi connectivity index (χ0n) is 16.0. The Morgan fingerprint density at radius 1 is 0.833 bits per heavy atom. The summed E-state index contributed by atoms with van der Waals surface area (Å²) in [5.41, 5.74) is 0.312. The van der Waals surface area contributed by atoms with Gasteiger partial charge in [-0.15, -0.1) is 0 Å². The summed E-state index contributed by atoms with van der Waals surface area (Å²) in [6.45, 7) is 3.48. The van der Waals surface area contributed by atoms with Gasteiger partial charge in [0.1, 0.15) is 11.3 Å². The van der Waals surface area contributed by atoms with E-state index in [0.29, 0.717) is 5.56 Å². The fraction of sp³-hybridized carbons (Fsp3) is 0.190. The first-order chi connectivity index (χ1) is 14.3. The maximum atomic E-state index is 12.3. The molecule has 30 heavy (non-hydrogen) atoms. The third-order valence-electron chi connectivity index (χ3n) is 3.62. The highest BCUT2D eigenvalue weighted by Gasteiger charge is 2.21. The van der Waals surface area contributed by atoms with Gasteiger partial charge in [0.05, 0.1) is 33.8 Å². The average Bonchev–Trinajstić information content (AvgIpc) is 2.70. The summed E-state index contributed by atoms with van der Waals surface area (Å²) in [7, 11) is 0. The Kier molecular flexibility index (Phi) is 8.72.